The summed E-state index contributed by atoms with van der Waals surface area (Å²) >= 11 is 1.71. The first-order valence-corrected chi connectivity index (χ1v) is 10.8. The minimum Gasteiger partial charge on any atom is -0.352 e. The smallest absolute Gasteiger partial charge is 0.191 e. The number of aliphatic imine (C=N–C) groups is 1. The van der Waals surface area contributed by atoms with Crippen LogP contribution < -0.4 is 10.6 Å². The maximum Gasteiger partial charge on any atom is 0.191 e. The van der Waals surface area contributed by atoms with Gasteiger partial charge in [0.15, 0.2) is 5.96 Å². The third-order valence-electron chi connectivity index (χ3n) is 4.92. The minimum atomic E-state index is 0. The van der Waals surface area contributed by atoms with E-state index in [9.17, 15) is 0 Å². The molecular formula is C24H26IN5S. The Bertz CT molecular complexity index is 1070. The van der Waals surface area contributed by atoms with E-state index < -0.39 is 0 Å². The molecule has 4 rings (SSSR count). The van der Waals surface area contributed by atoms with Crippen LogP contribution in [0.2, 0.25) is 0 Å². The Hall–Kier alpha value is -2.65. The summed E-state index contributed by atoms with van der Waals surface area (Å²) in [4.78, 5) is 8.45. The van der Waals surface area contributed by atoms with Crippen molar-refractivity contribution in [2.24, 2.45) is 4.99 Å². The Labute approximate surface area is 204 Å². The highest BCUT2D eigenvalue weighted by molar-refractivity contribution is 14.0. The summed E-state index contributed by atoms with van der Waals surface area (Å²) in [6, 6.07) is 19.4. The Morgan fingerprint density at radius 3 is 2.52 bits per heavy atom. The monoisotopic (exact) mass is 543 g/mol. The van der Waals surface area contributed by atoms with Gasteiger partial charge in [-0.25, -0.2) is 4.98 Å². The van der Waals surface area contributed by atoms with Crippen LogP contribution in [0.15, 0.2) is 89.1 Å². The third-order valence-corrected chi connectivity index (χ3v) is 5.65. The van der Waals surface area contributed by atoms with Gasteiger partial charge in [0.25, 0.3) is 0 Å². The van der Waals surface area contributed by atoms with Crippen LogP contribution in [0.1, 0.15) is 16.7 Å². The van der Waals surface area contributed by atoms with Gasteiger partial charge in [-0.3, -0.25) is 4.99 Å². The topological polar surface area (TPSA) is 54.2 Å². The van der Waals surface area contributed by atoms with E-state index in [0.29, 0.717) is 6.54 Å². The third kappa shape index (κ3) is 6.41. The van der Waals surface area contributed by atoms with Crippen LogP contribution in [0.25, 0.3) is 11.1 Å². The van der Waals surface area contributed by atoms with Crippen molar-refractivity contribution in [3.8, 4) is 11.1 Å². The number of rotatable bonds is 7. The first-order valence-electron chi connectivity index (χ1n) is 9.90. The van der Waals surface area contributed by atoms with E-state index in [0.717, 1.165) is 19.0 Å². The lowest BCUT2D eigenvalue weighted by Crippen LogP contribution is -2.36. The molecule has 2 heterocycles. The Morgan fingerprint density at radius 2 is 1.81 bits per heavy atom. The van der Waals surface area contributed by atoms with Crippen LogP contribution in [0.4, 0.5) is 0 Å². The highest BCUT2D eigenvalue weighted by atomic mass is 127. The largest absolute Gasteiger partial charge is 0.352 e. The van der Waals surface area contributed by atoms with Crippen LogP contribution in [0.3, 0.4) is 0 Å². The Morgan fingerprint density at radius 1 is 1.00 bits per heavy atom. The number of aromatic nitrogens is 2. The molecule has 0 saturated carbocycles. The lowest BCUT2D eigenvalue weighted by Gasteiger charge is -2.14. The van der Waals surface area contributed by atoms with Crippen molar-refractivity contribution in [3.05, 3.63) is 101 Å². The average Bonchev–Trinajstić information content (AvgIpc) is 3.49. The molecule has 0 fully saturated rings. The zero-order chi connectivity index (χ0) is 20.6. The average molecular weight is 543 g/mol. The van der Waals surface area contributed by atoms with E-state index in [-0.39, 0.29) is 24.0 Å². The SMILES string of the molecule is CN=C(NCc1ccsc1)NCc1ccccc1-c1ccc(Cn2ccnc2)cc1.I. The summed E-state index contributed by atoms with van der Waals surface area (Å²) in [6.07, 6.45) is 5.63. The van der Waals surface area contributed by atoms with Crippen molar-refractivity contribution in [1.82, 2.24) is 20.2 Å². The number of hydrogen-bond donors (Lipinski definition) is 2. The zero-order valence-electron chi connectivity index (χ0n) is 17.4. The van der Waals surface area contributed by atoms with Gasteiger partial charge in [0.1, 0.15) is 0 Å². The van der Waals surface area contributed by atoms with Gasteiger partial charge in [-0.05, 0) is 44.6 Å². The number of nitrogens with zero attached hydrogens (tertiary/aromatic N) is 3. The Kier molecular flexibility index (Phi) is 8.66. The molecule has 2 aromatic heterocycles. The molecule has 0 radical (unpaired) electrons. The fourth-order valence-corrected chi connectivity index (χ4v) is 3.98. The van der Waals surface area contributed by atoms with Crippen LogP contribution >= 0.6 is 35.3 Å². The number of hydrogen-bond acceptors (Lipinski definition) is 3. The molecule has 5 nitrogen and oxygen atoms in total. The predicted molar refractivity (Wildman–Crippen MR) is 140 cm³/mol. The summed E-state index contributed by atoms with van der Waals surface area (Å²) in [5.74, 6) is 0.798. The number of guanidine groups is 1. The maximum absolute atomic E-state index is 4.34. The quantitative estimate of drug-likeness (QED) is 0.193. The minimum absolute atomic E-state index is 0. The molecule has 0 aliphatic rings. The van der Waals surface area contributed by atoms with E-state index in [1.807, 2.05) is 12.5 Å². The van der Waals surface area contributed by atoms with E-state index in [1.54, 1.807) is 24.6 Å². The second-order valence-electron chi connectivity index (χ2n) is 7.00. The van der Waals surface area contributed by atoms with Gasteiger partial charge in [-0.15, -0.1) is 24.0 Å². The number of nitrogens with one attached hydrogen (secondary N) is 2. The normalized spacial score (nSPS) is 11.1. The number of benzene rings is 2. The molecule has 0 spiro atoms. The molecule has 0 saturated heterocycles. The maximum atomic E-state index is 4.34. The molecule has 160 valence electrons. The summed E-state index contributed by atoms with van der Waals surface area (Å²) in [6.45, 7) is 2.30. The molecular weight excluding hydrogens is 517 g/mol. The van der Waals surface area contributed by atoms with E-state index in [1.165, 1.54) is 27.8 Å². The molecule has 2 N–H and O–H groups in total. The first-order chi connectivity index (χ1) is 14.8. The highest BCUT2D eigenvalue weighted by Gasteiger charge is 2.06. The summed E-state index contributed by atoms with van der Waals surface area (Å²) in [7, 11) is 1.80. The lowest BCUT2D eigenvalue weighted by molar-refractivity contribution is 0.797. The van der Waals surface area contributed by atoms with Crippen LogP contribution in [-0.2, 0) is 19.6 Å². The van der Waals surface area contributed by atoms with Crippen molar-refractivity contribution in [1.29, 1.82) is 0 Å². The summed E-state index contributed by atoms with van der Waals surface area (Å²) in [5, 5.41) is 11.0. The van der Waals surface area contributed by atoms with Gasteiger partial charge in [0, 0.05) is 39.1 Å². The zero-order valence-corrected chi connectivity index (χ0v) is 20.5. The summed E-state index contributed by atoms with van der Waals surface area (Å²) < 4.78 is 2.07. The number of halogens is 1. The van der Waals surface area contributed by atoms with Gasteiger partial charge in [-0.1, -0.05) is 48.5 Å². The van der Waals surface area contributed by atoms with Crippen molar-refractivity contribution in [2.75, 3.05) is 7.05 Å². The Balaban J connectivity index is 0.00000272. The highest BCUT2D eigenvalue weighted by Crippen LogP contribution is 2.24. The lowest BCUT2D eigenvalue weighted by atomic mass is 9.98. The fourth-order valence-electron chi connectivity index (χ4n) is 3.32. The molecule has 2 aromatic carbocycles. The standard InChI is InChI=1S/C24H25N5S.HI/c1-25-24(27-14-20-10-13-30-17-20)28-15-22-4-2-3-5-23(22)21-8-6-19(7-9-21)16-29-12-11-26-18-29;/h2-13,17-18H,14-16H2,1H3,(H2,25,27,28);1H. The van der Waals surface area contributed by atoms with E-state index in [4.69, 9.17) is 0 Å². The number of imidazole rings is 1. The van der Waals surface area contributed by atoms with Crippen LogP contribution in [-0.4, -0.2) is 22.6 Å². The summed E-state index contributed by atoms with van der Waals surface area (Å²) in [5.41, 5.74) is 6.19. The van der Waals surface area contributed by atoms with Crippen molar-refractivity contribution < 1.29 is 0 Å². The van der Waals surface area contributed by atoms with E-state index >= 15 is 0 Å². The van der Waals surface area contributed by atoms with Crippen LogP contribution in [0, 0.1) is 0 Å². The van der Waals surface area contributed by atoms with Crippen molar-refractivity contribution >= 4 is 41.3 Å². The molecule has 7 heteroatoms. The van der Waals surface area contributed by atoms with Gasteiger partial charge in [0.05, 0.1) is 6.33 Å². The molecule has 0 aliphatic carbocycles. The number of thiophene rings is 1. The van der Waals surface area contributed by atoms with Gasteiger partial charge in [-0.2, -0.15) is 11.3 Å². The molecule has 0 bridgehead atoms. The van der Waals surface area contributed by atoms with Gasteiger partial charge < -0.3 is 15.2 Å². The second-order valence-corrected chi connectivity index (χ2v) is 7.78. The second kappa shape index (κ2) is 11.7. The van der Waals surface area contributed by atoms with E-state index in [2.05, 4.69) is 90.5 Å². The van der Waals surface area contributed by atoms with Gasteiger partial charge in [0.2, 0.25) is 0 Å². The molecule has 0 atom stereocenters. The van der Waals surface area contributed by atoms with Gasteiger partial charge >= 0.3 is 0 Å². The molecule has 0 aliphatic heterocycles. The molecule has 31 heavy (non-hydrogen) atoms. The predicted octanol–water partition coefficient (Wildman–Crippen LogP) is 5.14. The first kappa shape index (κ1) is 23.0. The molecule has 0 amide bonds. The molecule has 4 aromatic rings. The van der Waals surface area contributed by atoms with Crippen molar-refractivity contribution in [3.63, 3.8) is 0 Å². The molecule has 0 unspecified atom stereocenters. The van der Waals surface area contributed by atoms with Crippen molar-refractivity contribution in [2.45, 2.75) is 19.6 Å². The fraction of sp³-hybridized carbons (Fsp3) is 0.167. The van der Waals surface area contributed by atoms with Crippen LogP contribution in [0.5, 0.6) is 0 Å².